The van der Waals surface area contributed by atoms with Crippen molar-refractivity contribution in [2.45, 2.75) is 26.1 Å². The van der Waals surface area contributed by atoms with Gasteiger partial charge in [0, 0.05) is 5.02 Å². The van der Waals surface area contributed by atoms with Gasteiger partial charge in [-0.3, -0.25) is 0 Å². The second-order valence-electron chi connectivity index (χ2n) is 4.88. The van der Waals surface area contributed by atoms with Crippen LogP contribution in [0.2, 0.25) is 5.02 Å². The molecule has 1 atom stereocenters. The highest BCUT2D eigenvalue weighted by Gasteiger charge is 2.15. The smallest absolute Gasteiger partial charge is 0.123 e. The molecule has 2 aromatic rings. The van der Waals surface area contributed by atoms with Crippen LogP contribution in [-0.2, 0) is 0 Å². The minimum Gasteiger partial charge on any atom is -0.207 e. The zero-order valence-electron chi connectivity index (χ0n) is 11.1. The van der Waals surface area contributed by atoms with E-state index in [1.807, 2.05) is 39.0 Å². The van der Waals surface area contributed by atoms with Gasteiger partial charge in [-0.1, -0.05) is 23.7 Å². The molecule has 0 aliphatic heterocycles. The molecule has 0 amide bonds. The van der Waals surface area contributed by atoms with E-state index in [9.17, 15) is 4.39 Å². The van der Waals surface area contributed by atoms with E-state index in [1.54, 1.807) is 0 Å². The summed E-state index contributed by atoms with van der Waals surface area (Å²) in [6, 6.07) is 8.74. The Balaban J connectivity index is 2.49. The average molecular weight is 297 g/mol. The van der Waals surface area contributed by atoms with E-state index in [0.29, 0.717) is 0 Å². The molecule has 0 bridgehead atoms. The summed E-state index contributed by atoms with van der Waals surface area (Å²) in [6.07, 6.45) is 0. The Morgan fingerprint density at radius 2 is 1.63 bits per heavy atom. The fraction of sp³-hybridized carbons (Fsp3) is 0.250. The SMILES string of the molecule is Cc1cc(F)cc(C(Cl)c2cc(C)c(Cl)cc2C)c1. The Kier molecular flexibility index (Phi) is 4.17. The molecule has 0 nitrogen and oxygen atoms in total. The summed E-state index contributed by atoms with van der Waals surface area (Å²) in [4.78, 5) is 0. The first-order valence-electron chi connectivity index (χ1n) is 6.06. The number of hydrogen-bond acceptors (Lipinski definition) is 0. The lowest BCUT2D eigenvalue weighted by Gasteiger charge is -2.15. The normalized spacial score (nSPS) is 12.5. The lowest BCUT2D eigenvalue weighted by atomic mass is 9.97. The van der Waals surface area contributed by atoms with Crippen LogP contribution in [0.5, 0.6) is 0 Å². The predicted molar refractivity (Wildman–Crippen MR) is 79.8 cm³/mol. The molecule has 0 heterocycles. The number of hydrogen-bond donors (Lipinski definition) is 0. The first-order valence-corrected chi connectivity index (χ1v) is 6.87. The summed E-state index contributed by atoms with van der Waals surface area (Å²) in [7, 11) is 0. The summed E-state index contributed by atoms with van der Waals surface area (Å²) < 4.78 is 13.5. The van der Waals surface area contributed by atoms with Gasteiger partial charge >= 0.3 is 0 Å². The van der Waals surface area contributed by atoms with Gasteiger partial charge in [0.2, 0.25) is 0 Å². The van der Waals surface area contributed by atoms with Gasteiger partial charge in [-0.2, -0.15) is 0 Å². The third kappa shape index (κ3) is 3.10. The molecule has 0 aliphatic carbocycles. The largest absolute Gasteiger partial charge is 0.207 e. The van der Waals surface area contributed by atoms with Crippen LogP contribution in [0.3, 0.4) is 0 Å². The molecule has 1 unspecified atom stereocenters. The zero-order chi connectivity index (χ0) is 14.2. The van der Waals surface area contributed by atoms with Gasteiger partial charge in [-0.25, -0.2) is 4.39 Å². The van der Waals surface area contributed by atoms with Gasteiger partial charge in [0.05, 0.1) is 5.38 Å². The van der Waals surface area contributed by atoms with Crippen molar-refractivity contribution in [3.63, 3.8) is 0 Å². The van der Waals surface area contributed by atoms with Gasteiger partial charge in [0.15, 0.2) is 0 Å². The van der Waals surface area contributed by atoms with Gasteiger partial charge in [0.1, 0.15) is 5.82 Å². The summed E-state index contributed by atoms with van der Waals surface area (Å²) >= 11 is 12.6. The van der Waals surface area contributed by atoms with Crippen LogP contribution in [0, 0.1) is 26.6 Å². The van der Waals surface area contributed by atoms with Gasteiger partial charge in [-0.15, -0.1) is 11.6 Å². The Morgan fingerprint density at radius 3 is 2.26 bits per heavy atom. The molecular weight excluding hydrogens is 282 g/mol. The van der Waals surface area contributed by atoms with Crippen molar-refractivity contribution in [2.24, 2.45) is 0 Å². The van der Waals surface area contributed by atoms with Gasteiger partial charge in [0.25, 0.3) is 0 Å². The van der Waals surface area contributed by atoms with Crippen LogP contribution in [0.4, 0.5) is 4.39 Å². The van der Waals surface area contributed by atoms with Crippen molar-refractivity contribution in [2.75, 3.05) is 0 Å². The molecule has 0 aliphatic rings. The standard InChI is InChI=1S/C16H15Cl2F/c1-9-4-12(8-13(19)5-9)16(18)14-6-11(3)15(17)7-10(14)2/h4-8,16H,1-3H3. The Hall–Kier alpha value is -1.05. The fourth-order valence-corrected chi connectivity index (χ4v) is 2.75. The number of alkyl halides is 1. The van der Waals surface area contributed by atoms with E-state index >= 15 is 0 Å². The molecule has 0 N–H and O–H groups in total. The molecule has 2 rings (SSSR count). The molecule has 2 aromatic carbocycles. The van der Waals surface area contributed by atoms with Crippen LogP contribution in [0.25, 0.3) is 0 Å². The van der Waals surface area contributed by atoms with Crippen molar-refractivity contribution < 1.29 is 4.39 Å². The topological polar surface area (TPSA) is 0 Å². The predicted octanol–water partition coefficient (Wildman–Crippen LogP) is 5.73. The summed E-state index contributed by atoms with van der Waals surface area (Å²) in [5.74, 6) is -0.260. The third-order valence-electron chi connectivity index (χ3n) is 3.18. The Morgan fingerprint density at radius 1 is 0.947 bits per heavy atom. The summed E-state index contributed by atoms with van der Waals surface area (Å²) in [5, 5.41) is 0.353. The molecule has 3 heteroatoms. The van der Waals surface area contributed by atoms with Crippen molar-refractivity contribution in [3.05, 3.63) is 69.0 Å². The highest BCUT2D eigenvalue weighted by atomic mass is 35.5. The molecule has 19 heavy (non-hydrogen) atoms. The van der Waals surface area contributed by atoms with Crippen molar-refractivity contribution >= 4 is 23.2 Å². The van der Waals surface area contributed by atoms with Crippen LogP contribution in [0.1, 0.15) is 33.2 Å². The van der Waals surface area contributed by atoms with Gasteiger partial charge < -0.3 is 0 Å². The summed E-state index contributed by atoms with van der Waals surface area (Å²) in [6.45, 7) is 5.75. The minimum atomic E-state index is -0.370. The highest BCUT2D eigenvalue weighted by molar-refractivity contribution is 6.31. The van der Waals surface area contributed by atoms with E-state index in [-0.39, 0.29) is 11.2 Å². The molecule has 0 radical (unpaired) electrons. The Labute approximate surface area is 123 Å². The van der Waals surface area contributed by atoms with Crippen molar-refractivity contribution in [3.8, 4) is 0 Å². The monoisotopic (exact) mass is 296 g/mol. The van der Waals surface area contributed by atoms with E-state index in [2.05, 4.69) is 0 Å². The molecular formula is C16H15Cl2F. The molecule has 0 aromatic heterocycles. The number of benzene rings is 2. The fourth-order valence-electron chi connectivity index (χ4n) is 2.17. The van der Waals surface area contributed by atoms with E-state index < -0.39 is 0 Å². The van der Waals surface area contributed by atoms with Crippen molar-refractivity contribution in [1.29, 1.82) is 0 Å². The zero-order valence-corrected chi connectivity index (χ0v) is 12.6. The number of rotatable bonds is 2. The summed E-state index contributed by atoms with van der Waals surface area (Å²) in [5.41, 5.74) is 4.58. The van der Waals surface area contributed by atoms with Crippen LogP contribution < -0.4 is 0 Å². The van der Waals surface area contributed by atoms with E-state index in [4.69, 9.17) is 23.2 Å². The van der Waals surface area contributed by atoms with Crippen LogP contribution >= 0.6 is 23.2 Å². The van der Waals surface area contributed by atoms with E-state index in [1.165, 1.54) is 12.1 Å². The molecule has 0 saturated carbocycles. The minimum absolute atomic E-state index is 0.260. The van der Waals surface area contributed by atoms with E-state index in [0.717, 1.165) is 32.8 Å². The first-order chi connectivity index (χ1) is 8.88. The number of halogens is 3. The average Bonchev–Trinajstić information content (AvgIpc) is 2.31. The molecule has 0 fully saturated rings. The lowest BCUT2D eigenvalue weighted by molar-refractivity contribution is 0.624. The second kappa shape index (κ2) is 5.52. The lowest BCUT2D eigenvalue weighted by Crippen LogP contribution is -1.99. The number of aryl methyl sites for hydroxylation is 3. The van der Waals surface area contributed by atoms with Crippen molar-refractivity contribution in [1.82, 2.24) is 0 Å². The maximum absolute atomic E-state index is 13.5. The quantitative estimate of drug-likeness (QED) is 0.621. The maximum Gasteiger partial charge on any atom is 0.123 e. The molecule has 0 saturated heterocycles. The maximum atomic E-state index is 13.5. The molecule has 100 valence electrons. The molecule has 0 spiro atoms. The van der Waals surface area contributed by atoms with Crippen LogP contribution in [-0.4, -0.2) is 0 Å². The first kappa shape index (κ1) is 14.4. The van der Waals surface area contributed by atoms with Gasteiger partial charge in [-0.05, 0) is 66.8 Å². The van der Waals surface area contributed by atoms with Crippen LogP contribution in [0.15, 0.2) is 30.3 Å². The second-order valence-corrected chi connectivity index (χ2v) is 5.73. The Bertz CT molecular complexity index is 600. The highest BCUT2D eigenvalue weighted by Crippen LogP contribution is 2.34. The third-order valence-corrected chi connectivity index (χ3v) is 4.07.